The molecule has 6 nitrogen and oxygen atoms in total. The van der Waals surface area contributed by atoms with Gasteiger partial charge in [-0.15, -0.1) is 5.10 Å². The van der Waals surface area contributed by atoms with Crippen molar-refractivity contribution in [2.45, 2.75) is 24.9 Å². The van der Waals surface area contributed by atoms with Crippen molar-refractivity contribution in [2.75, 3.05) is 6.61 Å². The predicted octanol–water partition coefficient (Wildman–Crippen LogP) is 4.30. The van der Waals surface area contributed by atoms with Crippen LogP contribution in [0.25, 0.3) is 6.08 Å². The van der Waals surface area contributed by atoms with Gasteiger partial charge in [0.2, 0.25) is 5.16 Å². The summed E-state index contributed by atoms with van der Waals surface area (Å²) >= 11 is 4.43. The van der Waals surface area contributed by atoms with E-state index in [1.165, 1.54) is 0 Å². The van der Waals surface area contributed by atoms with E-state index in [2.05, 4.69) is 37.7 Å². The molecule has 25 heavy (non-hydrogen) atoms. The molecule has 1 heterocycles. The fraction of sp³-hybridized carbons (Fsp3) is 0.235. The molecule has 2 N–H and O–H groups in total. The van der Waals surface area contributed by atoms with E-state index >= 15 is 0 Å². The Balaban J connectivity index is 2.19. The first-order valence-electron chi connectivity index (χ1n) is 7.60. The van der Waals surface area contributed by atoms with Crippen molar-refractivity contribution in [3.63, 3.8) is 0 Å². The Morgan fingerprint density at radius 2 is 2.32 bits per heavy atom. The van der Waals surface area contributed by atoms with E-state index in [0.717, 1.165) is 40.5 Å². The Kier molecular flexibility index (Phi) is 7.27. The molecular formula is C17H18BrN3O3S. The van der Waals surface area contributed by atoms with Crippen LogP contribution in [-0.4, -0.2) is 32.9 Å². The molecule has 2 aromatic rings. The Hall–Kier alpha value is -2.06. The molecule has 0 atom stereocenters. The Labute approximate surface area is 158 Å². The van der Waals surface area contributed by atoms with Crippen molar-refractivity contribution in [3.05, 3.63) is 51.6 Å². The molecule has 0 aliphatic carbocycles. The van der Waals surface area contributed by atoms with Gasteiger partial charge in [-0.3, -0.25) is 5.10 Å². The smallest absolute Gasteiger partial charge is 0.342 e. The number of hydrogen-bond donors (Lipinski definition) is 2. The fourth-order valence-corrected chi connectivity index (χ4v) is 3.17. The molecular weight excluding hydrogens is 406 g/mol. The van der Waals surface area contributed by atoms with E-state index in [4.69, 9.17) is 4.74 Å². The summed E-state index contributed by atoms with van der Waals surface area (Å²) in [6.45, 7) is 6.04. The number of thioether (sulfide) groups is 1. The van der Waals surface area contributed by atoms with Gasteiger partial charge in [0, 0.05) is 6.42 Å². The minimum absolute atomic E-state index is 0.133. The lowest BCUT2D eigenvalue weighted by molar-refractivity contribution is -0.131. The lowest BCUT2D eigenvalue weighted by Crippen LogP contribution is -1.98. The molecule has 1 aromatic carbocycles. The molecule has 0 aliphatic rings. The lowest BCUT2D eigenvalue weighted by atomic mass is 10.2. The van der Waals surface area contributed by atoms with Crippen LogP contribution in [0.3, 0.4) is 0 Å². The fourth-order valence-electron chi connectivity index (χ4n) is 1.93. The number of H-pyrrole nitrogens is 1. The van der Waals surface area contributed by atoms with Gasteiger partial charge in [-0.2, -0.15) is 0 Å². The van der Waals surface area contributed by atoms with Crippen LogP contribution in [0.5, 0.6) is 5.75 Å². The number of aryl methyl sites for hydroxylation is 1. The Morgan fingerprint density at radius 3 is 2.96 bits per heavy atom. The normalized spacial score (nSPS) is 11.4. The van der Waals surface area contributed by atoms with E-state index in [1.807, 2.05) is 6.92 Å². The number of benzene rings is 1. The molecule has 0 unspecified atom stereocenters. The molecule has 0 amide bonds. The van der Waals surface area contributed by atoms with E-state index in [9.17, 15) is 9.90 Å². The number of aromatic amines is 1. The number of carboxylic acid groups (broad SMARTS) is 1. The second kappa shape index (κ2) is 9.43. The van der Waals surface area contributed by atoms with E-state index in [1.54, 1.807) is 30.4 Å². The highest BCUT2D eigenvalue weighted by atomic mass is 79.9. The number of aromatic nitrogens is 3. The van der Waals surface area contributed by atoms with Crippen LogP contribution < -0.4 is 4.74 Å². The summed E-state index contributed by atoms with van der Waals surface area (Å²) in [5.41, 5.74) is 0.729. The predicted molar refractivity (Wildman–Crippen MR) is 102 cm³/mol. The summed E-state index contributed by atoms with van der Waals surface area (Å²) in [6.07, 6.45) is 4.95. The maximum absolute atomic E-state index is 11.5. The number of aliphatic carboxylic acids is 1. The molecule has 1 aromatic heterocycles. The van der Waals surface area contributed by atoms with Crippen molar-refractivity contribution in [2.24, 2.45) is 0 Å². The van der Waals surface area contributed by atoms with Gasteiger partial charge in [0.1, 0.15) is 23.1 Å². The third kappa shape index (κ3) is 5.75. The van der Waals surface area contributed by atoms with Gasteiger partial charge < -0.3 is 9.84 Å². The number of ether oxygens (including phenoxy) is 1. The number of carbonyl (C=O) groups is 1. The number of carboxylic acids is 1. The van der Waals surface area contributed by atoms with Gasteiger partial charge in [0.15, 0.2) is 0 Å². The first kappa shape index (κ1) is 19.3. The highest BCUT2D eigenvalue weighted by Gasteiger charge is 2.14. The topological polar surface area (TPSA) is 88.1 Å². The van der Waals surface area contributed by atoms with Gasteiger partial charge in [-0.25, -0.2) is 9.78 Å². The van der Waals surface area contributed by atoms with Crippen LogP contribution in [0.15, 0.2) is 45.4 Å². The third-order valence-electron chi connectivity index (χ3n) is 3.02. The molecule has 0 radical (unpaired) electrons. The summed E-state index contributed by atoms with van der Waals surface area (Å²) in [7, 11) is 0. The first-order chi connectivity index (χ1) is 12.0. The van der Waals surface area contributed by atoms with Gasteiger partial charge in [0.05, 0.1) is 4.47 Å². The summed E-state index contributed by atoms with van der Waals surface area (Å²) in [5.74, 6) is 0.385. The maximum Gasteiger partial charge on any atom is 0.342 e. The molecule has 8 heteroatoms. The third-order valence-corrected chi connectivity index (χ3v) is 4.52. The zero-order chi connectivity index (χ0) is 18.2. The van der Waals surface area contributed by atoms with Gasteiger partial charge in [-0.1, -0.05) is 25.6 Å². The number of nitrogens with one attached hydrogen (secondary N) is 1. The number of halogens is 1. The Bertz CT molecular complexity index is 789. The molecule has 0 saturated carbocycles. The van der Waals surface area contributed by atoms with Crippen molar-refractivity contribution in [1.29, 1.82) is 0 Å². The van der Waals surface area contributed by atoms with E-state index < -0.39 is 5.97 Å². The van der Waals surface area contributed by atoms with Crippen LogP contribution in [0, 0.1) is 0 Å². The van der Waals surface area contributed by atoms with Crippen molar-refractivity contribution >= 4 is 39.7 Å². The average molecular weight is 424 g/mol. The molecule has 0 saturated heterocycles. The zero-order valence-electron chi connectivity index (χ0n) is 13.7. The second-order valence-electron chi connectivity index (χ2n) is 5.02. The molecule has 0 spiro atoms. The minimum atomic E-state index is -1.03. The van der Waals surface area contributed by atoms with Crippen molar-refractivity contribution in [3.8, 4) is 5.75 Å². The number of nitrogens with zero attached hydrogens (tertiary/aromatic N) is 2. The van der Waals surface area contributed by atoms with Gasteiger partial charge in [0.25, 0.3) is 0 Å². The highest BCUT2D eigenvalue weighted by molar-refractivity contribution is 9.10. The molecule has 0 aliphatic heterocycles. The summed E-state index contributed by atoms with van der Waals surface area (Å²) in [5, 5.41) is 16.7. The van der Waals surface area contributed by atoms with Crippen LogP contribution in [0.2, 0.25) is 0 Å². The first-order valence-corrected chi connectivity index (χ1v) is 9.21. The quantitative estimate of drug-likeness (QED) is 0.355. The maximum atomic E-state index is 11.5. The van der Waals surface area contributed by atoms with E-state index in [0.29, 0.717) is 17.5 Å². The molecule has 2 rings (SSSR count). The zero-order valence-corrected chi connectivity index (χ0v) is 16.1. The van der Waals surface area contributed by atoms with Gasteiger partial charge in [-0.05, 0) is 57.9 Å². The molecule has 132 valence electrons. The van der Waals surface area contributed by atoms with Crippen LogP contribution in [0.1, 0.15) is 24.7 Å². The number of rotatable bonds is 9. The standard InChI is InChI=1S/C17H18BrN3O3S/c1-3-5-15-19-17(21-20-15)25-14(16(22)23)10-11-6-7-13(12(18)9-11)24-8-4-2/h4,6-7,9-10H,2-3,5,8H2,1H3,(H,22,23)(H,19,20,21)/b14-10-. The summed E-state index contributed by atoms with van der Waals surface area (Å²) in [6, 6.07) is 5.35. The largest absolute Gasteiger partial charge is 0.488 e. The average Bonchev–Trinajstić information content (AvgIpc) is 3.01. The minimum Gasteiger partial charge on any atom is -0.488 e. The Morgan fingerprint density at radius 1 is 1.52 bits per heavy atom. The number of hydrogen-bond acceptors (Lipinski definition) is 5. The lowest BCUT2D eigenvalue weighted by Gasteiger charge is -2.07. The monoisotopic (exact) mass is 423 g/mol. The van der Waals surface area contributed by atoms with Crippen LogP contribution in [0.4, 0.5) is 0 Å². The summed E-state index contributed by atoms with van der Waals surface area (Å²) < 4.78 is 6.22. The molecule has 0 fully saturated rings. The van der Waals surface area contributed by atoms with Crippen molar-refractivity contribution < 1.29 is 14.6 Å². The SMILES string of the molecule is C=CCOc1ccc(/C=C(\Sc2n[nH]c(CCC)n2)C(=O)O)cc1Br. The van der Waals surface area contributed by atoms with Crippen LogP contribution >= 0.6 is 27.7 Å². The van der Waals surface area contributed by atoms with Gasteiger partial charge >= 0.3 is 5.97 Å². The van der Waals surface area contributed by atoms with Crippen LogP contribution in [-0.2, 0) is 11.2 Å². The summed E-state index contributed by atoms with van der Waals surface area (Å²) in [4.78, 5) is 15.9. The molecule has 0 bridgehead atoms. The highest BCUT2D eigenvalue weighted by Crippen LogP contribution is 2.30. The second-order valence-corrected chi connectivity index (χ2v) is 6.88. The van der Waals surface area contributed by atoms with Crippen molar-refractivity contribution in [1.82, 2.24) is 15.2 Å². The van der Waals surface area contributed by atoms with E-state index in [-0.39, 0.29) is 4.91 Å².